The highest BCUT2D eigenvalue weighted by Crippen LogP contribution is 2.20. The molecule has 4 heteroatoms. The molecule has 3 rings (SSSR count). The lowest BCUT2D eigenvalue weighted by molar-refractivity contribution is 0.923. The summed E-state index contributed by atoms with van der Waals surface area (Å²) in [4.78, 5) is 16.0. The molecule has 1 aromatic carbocycles. The third kappa shape index (κ3) is 1.18. The predicted molar refractivity (Wildman–Crippen MR) is 62.4 cm³/mol. The molecule has 0 radical (unpaired) electrons. The third-order valence-corrected chi connectivity index (χ3v) is 3.43. The van der Waals surface area contributed by atoms with Crippen molar-refractivity contribution in [1.82, 2.24) is 9.55 Å². The molecule has 0 aliphatic heterocycles. The molecule has 74 valence electrons. The fraction of sp³-hybridized carbons (Fsp3) is 0.0909. The smallest absolute Gasteiger partial charge is 0.286 e. The SMILES string of the molecule is Cn1c(=O)sc2cc3ccccc3nc21. The van der Waals surface area contributed by atoms with Gasteiger partial charge in [-0.25, -0.2) is 4.98 Å². The van der Waals surface area contributed by atoms with Crippen LogP contribution in [0.3, 0.4) is 0 Å². The van der Waals surface area contributed by atoms with Crippen molar-refractivity contribution in [3.8, 4) is 0 Å². The first-order chi connectivity index (χ1) is 7.25. The first kappa shape index (κ1) is 8.61. The molecule has 3 aromatic rings. The summed E-state index contributed by atoms with van der Waals surface area (Å²) in [7, 11) is 1.75. The van der Waals surface area contributed by atoms with E-state index in [1.165, 1.54) is 11.3 Å². The molecule has 0 spiro atoms. The summed E-state index contributed by atoms with van der Waals surface area (Å²) >= 11 is 1.24. The van der Waals surface area contributed by atoms with Gasteiger partial charge < -0.3 is 0 Å². The van der Waals surface area contributed by atoms with Crippen LogP contribution >= 0.6 is 11.3 Å². The Morgan fingerprint density at radius 1 is 1.33 bits per heavy atom. The van der Waals surface area contributed by atoms with Crippen LogP contribution in [0, 0.1) is 0 Å². The van der Waals surface area contributed by atoms with E-state index in [4.69, 9.17) is 0 Å². The van der Waals surface area contributed by atoms with Crippen molar-refractivity contribution in [3.05, 3.63) is 40.0 Å². The third-order valence-electron chi connectivity index (χ3n) is 2.46. The van der Waals surface area contributed by atoms with E-state index < -0.39 is 0 Å². The highest BCUT2D eigenvalue weighted by Gasteiger charge is 2.06. The van der Waals surface area contributed by atoms with E-state index in [-0.39, 0.29) is 4.87 Å². The van der Waals surface area contributed by atoms with Crippen LogP contribution in [0.4, 0.5) is 0 Å². The molecular formula is C11H8N2OS. The standard InChI is InChI=1S/C11H8N2OS/c1-13-10-9(15-11(13)14)6-7-4-2-3-5-8(7)12-10/h2-6H,1H3. The number of aromatic nitrogens is 2. The quantitative estimate of drug-likeness (QED) is 0.577. The van der Waals surface area contributed by atoms with Gasteiger partial charge in [0.05, 0.1) is 10.2 Å². The maximum absolute atomic E-state index is 11.5. The van der Waals surface area contributed by atoms with Gasteiger partial charge in [-0.1, -0.05) is 29.5 Å². The lowest BCUT2D eigenvalue weighted by Gasteiger charge is -1.97. The van der Waals surface area contributed by atoms with Crippen molar-refractivity contribution in [2.75, 3.05) is 0 Å². The first-order valence-corrected chi connectivity index (χ1v) is 5.43. The first-order valence-electron chi connectivity index (χ1n) is 4.61. The average Bonchev–Trinajstić information content (AvgIpc) is 2.52. The molecule has 3 nitrogen and oxygen atoms in total. The molecule has 0 aliphatic rings. The molecule has 0 atom stereocenters. The van der Waals surface area contributed by atoms with Gasteiger partial charge in [0.2, 0.25) is 0 Å². The van der Waals surface area contributed by atoms with E-state index in [2.05, 4.69) is 4.98 Å². The van der Waals surface area contributed by atoms with Gasteiger partial charge in [-0.3, -0.25) is 9.36 Å². The number of thiazole rings is 1. The van der Waals surface area contributed by atoms with E-state index in [1.807, 2.05) is 30.3 Å². The number of hydrogen-bond acceptors (Lipinski definition) is 3. The van der Waals surface area contributed by atoms with Crippen molar-refractivity contribution < 1.29 is 0 Å². The molecule has 0 amide bonds. The number of hydrogen-bond donors (Lipinski definition) is 0. The van der Waals surface area contributed by atoms with Gasteiger partial charge in [-0.05, 0) is 12.1 Å². The molecule has 0 saturated carbocycles. The Morgan fingerprint density at radius 3 is 3.00 bits per heavy atom. The lowest BCUT2D eigenvalue weighted by Crippen LogP contribution is -2.07. The maximum atomic E-state index is 11.5. The Hall–Kier alpha value is -1.68. The summed E-state index contributed by atoms with van der Waals surface area (Å²) in [5.74, 6) is 0. The second-order valence-corrected chi connectivity index (χ2v) is 4.42. The molecule has 0 saturated heterocycles. The minimum atomic E-state index is 0.0350. The number of rotatable bonds is 0. The Bertz CT molecular complexity index is 711. The fourth-order valence-electron chi connectivity index (χ4n) is 1.65. The number of nitrogens with zero attached hydrogens (tertiary/aromatic N) is 2. The number of fused-ring (bicyclic) bond motifs is 2. The van der Waals surface area contributed by atoms with Crippen molar-refractivity contribution in [2.24, 2.45) is 7.05 Å². The zero-order chi connectivity index (χ0) is 10.4. The van der Waals surface area contributed by atoms with Crippen LogP contribution in [-0.4, -0.2) is 9.55 Å². The van der Waals surface area contributed by atoms with Crippen LogP contribution in [0.15, 0.2) is 35.1 Å². The number of para-hydroxylation sites is 1. The molecule has 0 N–H and O–H groups in total. The molecule has 0 fully saturated rings. The molecule has 0 bridgehead atoms. The van der Waals surface area contributed by atoms with Crippen LogP contribution in [-0.2, 0) is 7.05 Å². The van der Waals surface area contributed by atoms with Gasteiger partial charge in [-0.15, -0.1) is 0 Å². The number of benzene rings is 1. The van der Waals surface area contributed by atoms with E-state index in [9.17, 15) is 4.79 Å². The van der Waals surface area contributed by atoms with Crippen molar-refractivity contribution in [3.63, 3.8) is 0 Å². The minimum Gasteiger partial charge on any atom is -0.286 e. The Balaban J connectivity index is 2.58. The summed E-state index contributed by atoms with van der Waals surface area (Å²) in [6, 6.07) is 9.90. The van der Waals surface area contributed by atoms with Gasteiger partial charge in [0.15, 0.2) is 5.65 Å². The van der Waals surface area contributed by atoms with Gasteiger partial charge in [0.1, 0.15) is 0 Å². The lowest BCUT2D eigenvalue weighted by atomic mass is 10.2. The van der Waals surface area contributed by atoms with E-state index in [0.29, 0.717) is 0 Å². The highest BCUT2D eigenvalue weighted by atomic mass is 32.1. The molecule has 2 heterocycles. The highest BCUT2D eigenvalue weighted by molar-refractivity contribution is 7.16. The molecule has 15 heavy (non-hydrogen) atoms. The molecule has 0 aliphatic carbocycles. The summed E-state index contributed by atoms with van der Waals surface area (Å²) in [6.07, 6.45) is 0. The Morgan fingerprint density at radius 2 is 2.13 bits per heavy atom. The Kier molecular flexibility index (Phi) is 1.67. The van der Waals surface area contributed by atoms with E-state index in [0.717, 1.165) is 21.3 Å². The van der Waals surface area contributed by atoms with Crippen molar-refractivity contribution in [2.45, 2.75) is 0 Å². The summed E-state index contributed by atoms with van der Waals surface area (Å²) in [5, 5.41) is 1.08. The van der Waals surface area contributed by atoms with Gasteiger partial charge in [-0.2, -0.15) is 0 Å². The summed E-state index contributed by atoms with van der Waals surface area (Å²) < 4.78 is 2.54. The van der Waals surface area contributed by atoms with E-state index >= 15 is 0 Å². The molecule has 0 unspecified atom stereocenters. The molecule has 2 aromatic heterocycles. The summed E-state index contributed by atoms with van der Waals surface area (Å²) in [6.45, 7) is 0. The van der Waals surface area contributed by atoms with Gasteiger partial charge >= 0.3 is 4.87 Å². The fourth-order valence-corrected chi connectivity index (χ4v) is 2.52. The van der Waals surface area contributed by atoms with Crippen molar-refractivity contribution in [1.29, 1.82) is 0 Å². The normalized spacial score (nSPS) is 11.3. The largest absolute Gasteiger partial charge is 0.309 e. The van der Waals surface area contributed by atoms with Crippen LogP contribution < -0.4 is 4.87 Å². The summed E-state index contributed by atoms with van der Waals surface area (Å²) in [5.41, 5.74) is 1.70. The van der Waals surface area contributed by atoms with Crippen molar-refractivity contribution >= 4 is 32.6 Å². The number of aryl methyl sites for hydroxylation is 1. The van der Waals surface area contributed by atoms with E-state index in [1.54, 1.807) is 11.6 Å². The monoisotopic (exact) mass is 216 g/mol. The van der Waals surface area contributed by atoms with Crippen LogP contribution in [0.5, 0.6) is 0 Å². The number of pyridine rings is 1. The predicted octanol–water partition coefficient (Wildman–Crippen LogP) is 2.15. The zero-order valence-corrected chi connectivity index (χ0v) is 8.91. The van der Waals surface area contributed by atoms with Gasteiger partial charge in [0.25, 0.3) is 0 Å². The average molecular weight is 216 g/mol. The second-order valence-electron chi connectivity index (χ2n) is 3.43. The van der Waals surface area contributed by atoms with Crippen LogP contribution in [0.25, 0.3) is 21.3 Å². The topological polar surface area (TPSA) is 34.9 Å². The minimum absolute atomic E-state index is 0.0350. The second kappa shape index (κ2) is 2.90. The van der Waals surface area contributed by atoms with Crippen LogP contribution in [0.2, 0.25) is 0 Å². The Labute approximate surface area is 89.6 Å². The maximum Gasteiger partial charge on any atom is 0.309 e. The molecular weight excluding hydrogens is 208 g/mol. The van der Waals surface area contributed by atoms with Crippen LogP contribution in [0.1, 0.15) is 0 Å². The van der Waals surface area contributed by atoms with Gasteiger partial charge in [0, 0.05) is 12.4 Å². The zero-order valence-electron chi connectivity index (χ0n) is 8.10.